The summed E-state index contributed by atoms with van der Waals surface area (Å²) < 4.78 is 30.4. The van der Waals surface area contributed by atoms with E-state index in [-0.39, 0.29) is 17.3 Å². The maximum Gasteiger partial charge on any atom is 0.323 e. The molecule has 3 aromatic carbocycles. The number of benzene rings is 3. The molecule has 2 amide bonds. The summed E-state index contributed by atoms with van der Waals surface area (Å²) in [4.78, 5) is 12.5. The third-order valence-electron chi connectivity index (χ3n) is 4.51. The summed E-state index contributed by atoms with van der Waals surface area (Å²) in [7, 11) is 3.03. The molecule has 0 atom stereocenters. The van der Waals surface area contributed by atoms with Crippen LogP contribution in [-0.4, -0.2) is 30.4 Å². The Labute approximate surface area is 183 Å². The monoisotopic (exact) mass is 434 g/mol. The molecule has 0 saturated carbocycles. The number of nitrogens with zero attached hydrogens (tertiary/aromatic N) is 2. The van der Waals surface area contributed by atoms with Crippen LogP contribution in [0.4, 0.5) is 20.6 Å². The second-order valence-corrected chi connectivity index (χ2v) is 6.65. The predicted molar refractivity (Wildman–Crippen MR) is 117 cm³/mol. The van der Waals surface area contributed by atoms with Crippen molar-refractivity contribution in [3.8, 4) is 34.4 Å². The van der Waals surface area contributed by atoms with E-state index in [4.69, 9.17) is 13.9 Å². The first-order valence-corrected chi connectivity index (χ1v) is 9.55. The molecule has 32 heavy (non-hydrogen) atoms. The van der Waals surface area contributed by atoms with Gasteiger partial charge in [0.25, 0.3) is 5.89 Å². The average molecular weight is 434 g/mol. The van der Waals surface area contributed by atoms with E-state index in [0.717, 1.165) is 0 Å². The van der Waals surface area contributed by atoms with E-state index >= 15 is 0 Å². The van der Waals surface area contributed by atoms with Crippen LogP contribution in [0.15, 0.2) is 71.1 Å². The topological polar surface area (TPSA) is 98.5 Å². The van der Waals surface area contributed by atoms with Gasteiger partial charge >= 0.3 is 6.03 Å². The summed E-state index contributed by atoms with van der Waals surface area (Å²) in [5.74, 6) is 0.756. The molecule has 4 aromatic rings. The number of halogens is 1. The minimum absolute atomic E-state index is 0.00273. The Kier molecular flexibility index (Phi) is 5.98. The summed E-state index contributed by atoms with van der Waals surface area (Å²) in [6.07, 6.45) is 0. The van der Waals surface area contributed by atoms with Crippen molar-refractivity contribution < 1.29 is 23.1 Å². The highest BCUT2D eigenvalue weighted by molar-refractivity contribution is 6.00. The Morgan fingerprint density at radius 2 is 1.50 bits per heavy atom. The Morgan fingerprint density at radius 3 is 2.19 bits per heavy atom. The van der Waals surface area contributed by atoms with Gasteiger partial charge in [0.1, 0.15) is 17.3 Å². The molecule has 0 spiro atoms. The summed E-state index contributed by atoms with van der Waals surface area (Å²) in [5.41, 5.74) is 1.59. The maximum absolute atomic E-state index is 14.4. The van der Waals surface area contributed by atoms with Gasteiger partial charge in [0.15, 0.2) is 0 Å². The van der Waals surface area contributed by atoms with Crippen LogP contribution >= 0.6 is 0 Å². The fourth-order valence-corrected chi connectivity index (χ4v) is 2.97. The number of urea groups is 1. The number of amides is 2. The lowest BCUT2D eigenvalue weighted by Crippen LogP contribution is -2.19. The lowest BCUT2D eigenvalue weighted by atomic mass is 10.2. The van der Waals surface area contributed by atoms with Gasteiger partial charge in [-0.15, -0.1) is 10.2 Å². The molecule has 9 heteroatoms. The van der Waals surface area contributed by atoms with E-state index < -0.39 is 11.8 Å². The van der Waals surface area contributed by atoms with Crippen molar-refractivity contribution in [1.29, 1.82) is 0 Å². The van der Waals surface area contributed by atoms with Gasteiger partial charge in [-0.1, -0.05) is 18.2 Å². The van der Waals surface area contributed by atoms with E-state index in [9.17, 15) is 9.18 Å². The van der Waals surface area contributed by atoms with Gasteiger partial charge in [-0.2, -0.15) is 0 Å². The number of methoxy groups -OCH3 is 2. The molecule has 2 N–H and O–H groups in total. The fraction of sp³-hybridized carbons (Fsp3) is 0.0870. The van der Waals surface area contributed by atoms with E-state index in [1.807, 2.05) is 30.3 Å². The second-order valence-electron chi connectivity index (χ2n) is 6.65. The highest BCUT2D eigenvalue weighted by Crippen LogP contribution is 2.29. The highest BCUT2D eigenvalue weighted by Gasteiger charge is 2.16. The van der Waals surface area contributed by atoms with Crippen LogP contribution in [0.2, 0.25) is 0 Å². The van der Waals surface area contributed by atoms with Gasteiger partial charge in [0.05, 0.1) is 19.8 Å². The number of hydrogen-bond acceptors (Lipinski definition) is 6. The maximum atomic E-state index is 14.4. The van der Waals surface area contributed by atoms with E-state index in [2.05, 4.69) is 20.8 Å². The van der Waals surface area contributed by atoms with Crippen molar-refractivity contribution in [3.05, 3.63) is 72.5 Å². The number of nitrogens with one attached hydrogen (secondary N) is 2. The minimum atomic E-state index is -0.559. The van der Waals surface area contributed by atoms with Gasteiger partial charge in [0, 0.05) is 35.1 Å². The normalized spacial score (nSPS) is 10.5. The third kappa shape index (κ3) is 4.67. The molecule has 162 valence electrons. The van der Waals surface area contributed by atoms with Crippen molar-refractivity contribution in [2.75, 3.05) is 24.9 Å². The van der Waals surface area contributed by atoms with Crippen LogP contribution in [0.25, 0.3) is 22.9 Å². The molecule has 0 aliphatic heterocycles. The summed E-state index contributed by atoms with van der Waals surface area (Å²) in [6, 6.07) is 17.6. The smallest absolute Gasteiger partial charge is 0.323 e. The Bertz CT molecular complexity index is 1220. The number of rotatable bonds is 6. The molecule has 0 radical (unpaired) electrons. The molecule has 4 rings (SSSR count). The number of carbonyl (C=O) groups is 1. The van der Waals surface area contributed by atoms with Crippen LogP contribution in [-0.2, 0) is 0 Å². The first kappa shape index (κ1) is 20.9. The third-order valence-corrected chi connectivity index (χ3v) is 4.51. The number of anilines is 2. The van der Waals surface area contributed by atoms with Crippen LogP contribution in [0, 0.1) is 5.82 Å². The number of aromatic nitrogens is 2. The largest absolute Gasteiger partial charge is 0.497 e. The lowest BCUT2D eigenvalue weighted by Gasteiger charge is -2.11. The van der Waals surface area contributed by atoms with Crippen molar-refractivity contribution in [2.24, 2.45) is 0 Å². The van der Waals surface area contributed by atoms with E-state index in [1.165, 1.54) is 32.4 Å². The van der Waals surface area contributed by atoms with Crippen molar-refractivity contribution >= 4 is 17.4 Å². The van der Waals surface area contributed by atoms with E-state index in [1.54, 1.807) is 18.2 Å². The first-order valence-electron chi connectivity index (χ1n) is 9.55. The molecule has 0 bridgehead atoms. The summed E-state index contributed by atoms with van der Waals surface area (Å²) >= 11 is 0. The Hall–Kier alpha value is -4.40. The number of ether oxygens (including phenoxy) is 2. The summed E-state index contributed by atoms with van der Waals surface area (Å²) in [6.45, 7) is 0. The average Bonchev–Trinajstić information content (AvgIpc) is 3.30. The molecule has 0 fully saturated rings. The number of carbonyl (C=O) groups excluding carboxylic acids is 1. The second kappa shape index (κ2) is 9.17. The van der Waals surface area contributed by atoms with Crippen molar-refractivity contribution in [1.82, 2.24) is 10.2 Å². The zero-order valence-electron chi connectivity index (χ0n) is 17.3. The van der Waals surface area contributed by atoms with Gasteiger partial charge in [-0.05, 0) is 30.3 Å². The zero-order valence-corrected chi connectivity index (χ0v) is 17.3. The zero-order chi connectivity index (χ0) is 22.5. The lowest BCUT2D eigenvalue weighted by molar-refractivity contribution is 0.262. The highest BCUT2D eigenvalue weighted by atomic mass is 19.1. The fourth-order valence-electron chi connectivity index (χ4n) is 2.97. The first-order chi connectivity index (χ1) is 15.6. The predicted octanol–water partition coefficient (Wildman–Crippen LogP) is 5.20. The summed E-state index contributed by atoms with van der Waals surface area (Å²) in [5, 5.41) is 13.3. The van der Waals surface area contributed by atoms with Gasteiger partial charge in [-0.25, -0.2) is 9.18 Å². The van der Waals surface area contributed by atoms with Crippen molar-refractivity contribution in [3.63, 3.8) is 0 Å². The minimum Gasteiger partial charge on any atom is -0.497 e. The SMILES string of the molecule is COc1cc(NC(=O)Nc2ccc(F)c(-c3nnc(-c4ccccc4)o3)c2)cc(OC)c1. The molecule has 0 aliphatic carbocycles. The molecule has 1 heterocycles. The van der Waals surface area contributed by atoms with Gasteiger partial charge < -0.3 is 24.5 Å². The van der Waals surface area contributed by atoms with Crippen LogP contribution < -0.4 is 20.1 Å². The molecule has 1 aromatic heterocycles. The Balaban J connectivity index is 1.52. The van der Waals surface area contributed by atoms with Crippen LogP contribution in [0.1, 0.15) is 0 Å². The molecular formula is C23H19FN4O4. The number of hydrogen-bond donors (Lipinski definition) is 2. The quantitative estimate of drug-likeness (QED) is 0.433. The van der Waals surface area contributed by atoms with Gasteiger partial charge in [-0.3, -0.25) is 0 Å². The van der Waals surface area contributed by atoms with Gasteiger partial charge in [0.2, 0.25) is 5.89 Å². The molecule has 0 saturated heterocycles. The van der Waals surface area contributed by atoms with Crippen LogP contribution in [0.3, 0.4) is 0 Å². The molecule has 0 unspecified atom stereocenters. The molecule has 0 aliphatic rings. The molecule has 8 nitrogen and oxygen atoms in total. The van der Waals surface area contributed by atoms with Crippen LogP contribution in [0.5, 0.6) is 11.5 Å². The van der Waals surface area contributed by atoms with Crippen molar-refractivity contribution in [2.45, 2.75) is 0 Å². The Morgan fingerprint density at radius 1 is 0.844 bits per heavy atom. The molecular weight excluding hydrogens is 415 g/mol. The van der Waals surface area contributed by atoms with E-state index in [0.29, 0.717) is 28.4 Å². The standard InChI is InChI=1S/C23H19FN4O4/c1-30-17-10-16(11-18(13-17)31-2)26-23(29)25-15-8-9-20(24)19(12-15)22-28-27-21(32-22)14-6-4-3-5-7-14/h3-13H,1-2H3,(H2,25,26,29).